The number of fused-ring (bicyclic) bond motifs is 2. The third kappa shape index (κ3) is 2.42. The molecule has 2 aliphatic rings. The van der Waals surface area contributed by atoms with Gasteiger partial charge in [0.2, 0.25) is 5.91 Å². The molecule has 2 bridgehead atoms. The fourth-order valence-electron chi connectivity index (χ4n) is 3.83. The van der Waals surface area contributed by atoms with E-state index in [-0.39, 0.29) is 18.0 Å². The normalized spacial score (nSPS) is 27.1. The van der Waals surface area contributed by atoms with Crippen molar-refractivity contribution in [1.82, 2.24) is 4.90 Å². The molecular formula is C16H20N2O3. The Kier molecular flexibility index (Phi) is 3.68. The van der Waals surface area contributed by atoms with Crippen LogP contribution in [-0.2, 0) is 22.6 Å². The summed E-state index contributed by atoms with van der Waals surface area (Å²) in [5.74, 6) is -1.13. The molecule has 3 N–H and O–H groups in total. The smallest absolute Gasteiger partial charge is 0.308 e. The number of carboxylic acids is 1. The van der Waals surface area contributed by atoms with Crippen LogP contribution >= 0.6 is 0 Å². The number of nitrogens with two attached hydrogens (primary N) is 1. The maximum atomic E-state index is 12.6. The molecule has 0 aromatic heterocycles. The predicted molar refractivity (Wildman–Crippen MR) is 77.4 cm³/mol. The highest BCUT2D eigenvalue weighted by atomic mass is 16.4. The summed E-state index contributed by atoms with van der Waals surface area (Å²) < 4.78 is 0. The lowest BCUT2D eigenvalue weighted by Crippen LogP contribution is -2.38. The van der Waals surface area contributed by atoms with Crippen molar-refractivity contribution >= 4 is 11.9 Å². The van der Waals surface area contributed by atoms with Gasteiger partial charge in [0.25, 0.3) is 0 Å². The second kappa shape index (κ2) is 5.48. The van der Waals surface area contributed by atoms with Gasteiger partial charge in [0.05, 0.1) is 12.3 Å². The monoisotopic (exact) mass is 288 g/mol. The van der Waals surface area contributed by atoms with Crippen LogP contribution in [0.25, 0.3) is 0 Å². The minimum absolute atomic E-state index is 0.0344. The van der Waals surface area contributed by atoms with E-state index in [1.807, 2.05) is 29.2 Å². The van der Waals surface area contributed by atoms with E-state index >= 15 is 0 Å². The summed E-state index contributed by atoms with van der Waals surface area (Å²) in [6.07, 6.45) is 2.65. The predicted octanol–water partition coefficient (Wildman–Crippen LogP) is 1.15. The number of amides is 1. The Balaban J connectivity index is 1.76. The van der Waals surface area contributed by atoms with Crippen LogP contribution in [0.2, 0.25) is 0 Å². The Hall–Kier alpha value is -1.88. The van der Waals surface area contributed by atoms with E-state index < -0.39 is 11.9 Å². The minimum Gasteiger partial charge on any atom is -0.481 e. The zero-order valence-electron chi connectivity index (χ0n) is 11.9. The van der Waals surface area contributed by atoms with E-state index in [1.165, 1.54) is 0 Å². The number of aliphatic carboxylic acids is 1. The molecule has 0 saturated carbocycles. The van der Waals surface area contributed by atoms with Gasteiger partial charge in [-0.2, -0.15) is 0 Å². The fraction of sp³-hybridized carbons (Fsp3) is 0.500. The van der Waals surface area contributed by atoms with Crippen LogP contribution in [0, 0.1) is 5.92 Å². The van der Waals surface area contributed by atoms with Crippen LogP contribution in [0.15, 0.2) is 24.3 Å². The first-order valence-corrected chi connectivity index (χ1v) is 7.42. The van der Waals surface area contributed by atoms with Crippen LogP contribution in [-0.4, -0.2) is 34.0 Å². The molecule has 0 aliphatic carbocycles. The number of hydrogen-bond acceptors (Lipinski definition) is 3. The molecule has 0 radical (unpaired) electrons. The Bertz CT molecular complexity index is 572. The second-order valence-electron chi connectivity index (χ2n) is 5.93. The van der Waals surface area contributed by atoms with E-state index in [9.17, 15) is 14.7 Å². The van der Waals surface area contributed by atoms with Crippen LogP contribution < -0.4 is 5.73 Å². The molecular weight excluding hydrogens is 268 g/mol. The number of carbonyl (C=O) groups excluding carboxylic acids is 1. The quantitative estimate of drug-likeness (QED) is 0.870. The van der Waals surface area contributed by atoms with Gasteiger partial charge >= 0.3 is 5.97 Å². The summed E-state index contributed by atoms with van der Waals surface area (Å²) in [6.45, 7) is 0.411. The molecule has 1 aromatic rings. The van der Waals surface area contributed by atoms with E-state index in [4.69, 9.17) is 5.73 Å². The molecule has 0 spiro atoms. The van der Waals surface area contributed by atoms with Gasteiger partial charge < -0.3 is 15.7 Å². The van der Waals surface area contributed by atoms with Gasteiger partial charge in [-0.1, -0.05) is 24.3 Å². The first-order valence-electron chi connectivity index (χ1n) is 7.42. The number of rotatable bonds is 4. The summed E-state index contributed by atoms with van der Waals surface area (Å²) in [5.41, 5.74) is 7.63. The molecule has 112 valence electrons. The lowest BCUT2D eigenvalue weighted by molar-refractivity contribution is -0.143. The van der Waals surface area contributed by atoms with Gasteiger partial charge in [0, 0.05) is 18.6 Å². The van der Waals surface area contributed by atoms with Gasteiger partial charge in [-0.15, -0.1) is 0 Å². The van der Waals surface area contributed by atoms with Gasteiger partial charge in [-0.05, 0) is 30.4 Å². The SMILES string of the molecule is NCc1ccccc1CC(=O)N1C2CCC1C(C(=O)O)C2. The van der Waals surface area contributed by atoms with Crippen molar-refractivity contribution in [2.45, 2.75) is 44.3 Å². The van der Waals surface area contributed by atoms with Crippen molar-refractivity contribution in [2.75, 3.05) is 0 Å². The highest BCUT2D eigenvalue weighted by molar-refractivity contribution is 5.82. The van der Waals surface area contributed by atoms with E-state index in [0.29, 0.717) is 19.4 Å². The maximum absolute atomic E-state index is 12.6. The number of hydrogen-bond donors (Lipinski definition) is 2. The molecule has 2 saturated heterocycles. The lowest BCUT2D eigenvalue weighted by atomic mass is 9.89. The molecule has 5 heteroatoms. The second-order valence-corrected chi connectivity index (χ2v) is 5.93. The molecule has 5 nitrogen and oxygen atoms in total. The topological polar surface area (TPSA) is 83.6 Å². The van der Waals surface area contributed by atoms with Crippen molar-refractivity contribution in [2.24, 2.45) is 11.7 Å². The van der Waals surface area contributed by atoms with Crippen LogP contribution in [0.4, 0.5) is 0 Å². The van der Waals surface area contributed by atoms with Crippen LogP contribution in [0.3, 0.4) is 0 Å². The van der Waals surface area contributed by atoms with Crippen molar-refractivity contribution in [3.63, 3.8) is 0 Å². The van der Waals surface area contributed by atoms with Crippen LogP contribution in [0.1, 0.15) is 30.4 Å². The van der Waals surface area contributed by atoms with E-state index in [1.54, 1.807) is 0 Å². The largest absolute Gasteiger partial charge is 0.481 e. The van der Waals surface area contributed by atoms with Crippen molar-refractivity contribution in [1.29, 1.82) is 0 Å². The summed E-state index contributed by atoms with van der Waals surface area (Å²) in [4.78, 5) is 25.7. The average molecular weight is 288 g/mol. The summed E-state index contributed by atoms with van der Waals surface area (Å²) in [5, 5.41) is 9.25. The van der Waals surface area contributed by atoms with Crippen molar-refractivity contribution in [3.05, 3.63) is 35.4 Å². The molecule has 21 heavy (non-hydrogen) atoms. The molecule has 1 amide bonds. The highest BCUT2D eigenvalue weighted by Gasteiger charge is 2.51. The number of carboxylic acid groups (broad SMARTS) is 1. The third-order valence-corrected chi connectivity index (χ3v) is 4.82. The standard InChI is InChI=1S/C16H20N2O3/c17-9-11-4-2-1-3-10(11)7-15(19)18-12-5-6-14(18)13(8-12)16(20)21/h1-4,12-14H,5-9,17H2,(H,20,21). The Morgan fingerprint density at radius 3 is 2.57 bits per heavy atom. The Morgan fingerprint density at radius 1 is 1.24 bits per heavy atom. The third-order valence-electron chi connectivity index (χ3n) is 4.82. The molecule has 3 unspecified atom stereocenters. The Labute approximate surface area is 123 Å². The zero-order chi connectivity index (χ0) is 15.0. The van der Waals surface area contributed by atoms with Gasteiger partial charge in [0.1, 0.15) is 0 Å². The van der Waals surface area contributed by atoms with Crippen molar-refractivity contribution < 1.29 is 14.7 Å². The highest BCUT2D eigenvalue weighted by Crippen LogP contribution is 2.42. The first kappa shape index (κ1) is 14.1. The molecule has 3 rings (SSSR count). The van der Waals surface area contributed by atoms with Crippen molar-refractivity contribution in [3.8, 4) is 0 Å². The lowest BCUT2D eigenvalue weighted by Gasteiger charge is -2.23. The molecule has 2 heterocycles. The maximum Gasteiger partial charge on any atom is 0.308 e. The number of nitrogens with zero attached hydrogens (tertiary/aromatic N) is 1. The summed E-state index contributed by atoms with van der Waals surface area (Å²) in [7, 11) is 0. The van der Waals surface area contributed by atoms with Gasteiger partial charge in [-0.25, -0.2) is 0 Å². The van der Waals surface area contributed by atoms with Gasteiger partial charge in [-0.3, -0.25) is 9.59 Å². The number of carbonyl (C=O) groups is 2. The number of benzene rings is 1. The average Bonchev–Trinajstić information content (AvgIpc) is 3.05. The Morgan fingerprint density at radius 2 is 1.95 bits per heavy atom. The van der Waals surface area contributed by atoms with Crippen LogP contribution in [0.5, 0.6) is 0 Å². The molecule has 2 fully saturated rings. The summed E-state index contributed by atoms with van der Waals surface area (Å²) in [6, 6.07) is 7.66. The first-order chi connectivity index (χ1) is 10.1. The summed E-state index contributed by atoms with van der Waals surface area (Å²) >= 11 is 0. The molecule has 2 aliphatic heterocycles. The fourth-order valence-corrected chi connectivity index (χ4v) is 3.83. The minimum atomic E-state index is -0.776. The van der Waals surface area contributed by atoms with E-state index in [0.717, 1.165) is 24.0 Å². The molecule has 3 atom stereocenters. The zero-order valence-corrected chi connectivity index (χ0v) is 11.9. The molecule has 1 aromatic carbocycles. The van der Waals surface area contributed by atoms with E-state index in [2.05, 4.69) is 0 Å². The van der Waals surface area contributed by atoms with Gasteiger partial charge in [0.15, 0.2) is 0 Å².